The molecule has 0 saturated heterocycles. The predicted molar refractivity (Wildman–Crippen MR) is 82.2 cm³/mol. The van der Waals surface area contributed by atoms with Crippen LogP contribution in [0, 0.1) is 0 Å². The van der Waals surface area contributed by atoms with Gasteiger partial charge in [-0.25, -0.2) is 8.42 Å². The van der Waals surface area contributed by atoms with Gasteiger partial charge in [0.1, 0.15) is 0 Å². The predicted octanol–water partition coefficient (Wildman–Crippen LogP) is 2.01. The maximum Gasteiger partial charge on any atom is 0.243 e. The van der Waals surface area contributed by atoms with E-state index in [2.05, 4.69) is 4.98 Å². The fourth-order valence-corrected chi connectivity index (χ4v) is 3.33. The summed E-state index contributed by atoms with van der Waals surface area (Å²) in [5.74, 6) is 0. The molecule has 2 aromatic rings. The Balaban J connectivity index is 2.27. The minimum Gasteiger partial charge on any atom is -0.326 e. The third-order valence-electron chi connectivity index (χ3n) is 3.06. The van der Waals surface area contributed by atoms with Gasteiger partial charge in [0.15, 0.2) is 0 Å². The van der Waals surface area contributed by atoms with E-state index < -0.39 is 10.0 Å². The van der Waals surface area contributed by atoms with Gasteiger partial charge in [0.2, 0.25) is 10.0 Å². The zero-order valence-electron chi connectivity index (χ0n) is 11.5. The first-order valence-corrected chi connectivity index (χ1v) is 8.11. The molecule has 0 unspecified atom stereocenters. The molecule has 1 aromatic heterocycles. The first-order chi connectivity index (χ1) is 9.95. The lowest BCUT2D eigenvalue weighted by atomic mass is 10.2. The molecule has 0 amide bonds. The SMILES string of the molecule is CN(Cc1ccccn1)S(=O)(=O)c1ccc(CN)c(Cl)c1. The van der Waals surface area contributed by atoms with Gasteiger partial charge >= 0.3 is 0 Å². The highest BCUT2D eigenvalue weighted by Crippen LogP contribution is 2.23. The fraction of sp³-hybridized carbons (Fsp3) is 0.214. The van der Waals surface area contributed by atoms with Crippen LogP contribution in [0.1, 0.15) is 11.3 Å². The Morgan fingerprint density at radius 3 is 2.62 bits per heavy atom. The Morgan fingerprint density at radius 1 is 1.29 bits per heavy atom. The second-order valence-electron chi connectivity index (χ2n) is 4.54. The Bertz CT molecular complexity index is 720. The Kier molecular flexibility index (Phi) is 4.95. The Morgan fingerprint density at radius 2 is 2.05 bits per heavy atom. The van der Waals surface area contributed by atoms with E-state index in [1.54, 1.807) is 24.4 Å². The molecular formula is C14H16ClN3O2S. The smallest absolute Gasteiger partial charge is 0.243 e. The second kappa shape index (κ2) is 6.53. The molecular weight excluding hydrogens is 310 g/mol. The van der Waals surface area contributed by atoms with Gasteiger partial charge in [-0.2, -0.15) is 4.31 Å². The van der Waals surface area contributed by atoms with Gasteiger partial charge in [0.05, 0.1) is 17.1 Å². The molecule has 21 heavy (non-hydrogen) atoms. The Labute approximate surface area is 129 Å². The van der Waals surface area contributed by atoms with Crippen LogP contribution in [-0.4, -0.2) is 24.8 Å². The van der Waals surface area contributed by atoms with E-state index in [-0.39, 0.29) is 18.0 Å². The van der Waals surface area contributed by atoms with Crippen molar-refractivity contribution in [1.29, 1.82) is 0 Å². The number of halogens is 1. The molecule has 0 aliphatic carbocycles. The minimum atomic E-state index is -3.62. The summed E-state index contributed by atoms with van der Waals surface area (Å²) in [6, 6.07) is 9.94. The molecule has 0 aliphatic heterocycles. The van der Waals surface area contributed by atoms with Gasteiger partial charge in [-0.1, -0.05) is 23.7 Å². The second-order valence-corrected chi connectivity index (χ2v) is 6.99. The van der Waals surface area contributed by atoms with Crippen molar-refractivity contribution in [2.75, 3.05) is 7.05 Å². The lowest BCUT2D eigenvalue weighted by Gasteiger charge is -2.17. The summed E-state index contributed by atoms with van der Waals surface area (Å²) in [6.07, 6.45) is 1.63. The third kappa shape index (κ3) is 3.59. The molecule has 0 saturated carbocycles. The van der Waals surface area contributed by atoms with Gasteiger partial charge in [-0.3, -0.25) is 4.98 Å². The quantitative estimate of drug-likeness (QED) is 0.912. The molecule has 0 aliphatic rings. The molecule has 2 N–H and O–H groups in total. The number of nitrogens with zero attached hydrogens (tertiary/aromatic N) is 2. The van der Waals surface area contributed by atoms with E-state index in [9.17, 15) is 8.42 Å². The van der Waals surface area contributed by atoms with Crippen LogP contribution < -0.4 is 5.73 Å². The average Bonchev–Trinajstić information content (AvgIpc) is 2.48. The number of aromatic nitrogens is 1. The maximum absolute atomic E-state index is 12.5. The van der Waals surface area contributed by atoms with Crippen LogP contribution in [-0.2, 0) is 23.1 Å². The number of rotatable bonds is 5. The van der Waals surface area contributed by atoms with Crippen LogP contribution in [0.5, 0.6) is 0 Å². The monoisotopic (exact) mass is 325 g/mol. The zero-order valence-corrected chi connectivity index (χ0v) is 13.1. The normalized spacial score (nSPS) is 11.8. The molecule has 1 aromatic carbocycles. The Hall–Kier alpha value is -1.47. The molecule has 5 nitrogen and oxygen atoms in total. The molecule has 1 heterocycles. The summed E-state index contributed by atoms with van der Waals surface area (Å²) in [7, 11) is -2.11. The van der Waals surface area contributed by atoms with Gasteiger partial charge in [0, 0.05) is 24.8 Å². The van der Waals surface area contributed by atoms with Crippen LogP contribution >= 0.6 is 11.6 Å². The number of benzene rings is 1. The van der Waals surface area contributed by atoms with Crippen LogP contribution in [0.25, 0.3) is 0 Å². The highest BCUT2D eigenvalue weighted by molar-refractivity contribution is 7.89. The van der Waals surface area contributed by atoms with Crippen molar-refractivity contribution in [2.45, 2.75) is 18.0 Å². The minimum absolute atomic E-state index is 0.142. The molecule has 112 valence electrons. The van der Waals surface area contributed by atoms with Crippen molar-refractivity contribution in [2.24, 2.45) is 5.73 Å². The molecule has 0 spiro atoms. The number of sulfonamides is 1. The molecule has 0 radical (unpaired) electrons. The van der Waals surface area contributed by atoms with E-state index in [1.807, 2.05) is 6.07 Å². The van der Waals surface area contributed by atoms with E-state index in [4.69, 9.17) is 17.3 Å². The van der Waals surface area contributed by atoms with Crippen molar-refractivity contribution in [1.82, 2.24) is 9.29 Å². The summed E-state index contributed by atoms with van der Waals surface area (Å²) in [6.45, 7) is 0.461. The lowest BCUT2D eigenvalue weighted by molar-refractivity contribution is 0.462. The first-order valence-electron chi connectivity index (χ1n) is 6.30. The standard InChI is InChI=1S/C14H16ClN3O2S/c1-18(10-12-4-2-3-7-17-12)21(19,20)13-6-5-11(9-16)14(15)8-13/h2-8H,9-10,16H2,1H3. The third-order valence-corrected chi connectivity index (χ3v) is 5.21. The van der Waals surface area contributed by atoms with E-state index in [1.165, 1.54) is 23.5 Å². The number of hydrogen-bond donors (Lipinski definition) is 1. The van der Waals surface area contributed by atoms with E-state index >= 15 is 0 Å². The fourth-order valence-electron chi connectivity index (χ4n) is 1.84. The number of hydrogen-bond acceptors (Lipinski definition) is 4. The molecule has 0 fully saturated rings. The number of nitrogens with two attached hydrogens (primary N) is 1. The van der Waals surface area contributed by atoms with Gasteiger partial charge in [-0.15, -0.1) is 0 Å². The summed E-state index contributed by atoms with van der Waals surface area (Å²) in [5.41, 5.74) is 6.90. The topological polar surface area (TPSA) is 76.3 Å². The van der Waals surface area contributed by atoms with Crippen molar-refractivity contribution in [3.63, 3.8) is 0 Å². The summed E-state index contributed by atoms with van der Waals surface area (Å²) < 4.78 is 26.2. The van der Waals surface area contributed by atoms with Gasteiger partial charge < -0.3 is 5.73 Å². The molecule has 0 atom stereocenters. The molecule has 2 rings (SSSR count). The highest BCUT2D eigenvalue weighted by atomic mass is 35.5. The van der Waals surface area contributed by atoms with Crippen LogP contribution in [0.4, 0.5) is 0 Å². The maximum atomic E-state index is 12.5. The molecule has 0 bridgehead atoms. The largest absolute Gasteiger partial charge is 0.326 e. The van der Waals surface area contributed by atoms with Crippen molar-refractivity contribution in [3.05, 3.63) is 58.9 Å². The first kappa shape index (κ1) is 15.9. The van der Waals surface area contributed by atoms with Gasteiger partial charge in [-0.05, 0) is 29.8 Å². The summed E-state index contributed by atoms with van der Waals surface area (Å²) in [5, 5.41) is 0.352. The number of pyridine rings is 1. The van der Waals surface area contributed by atoms with Gasteiger partial charge in [0.25, 0.3) is 0 Å². The van der Waals surface area contributed by atoms with Crippen molar-refractivity contribution in [3.8, 4) is 0 Å². The van der Waals surface area contributed by atoms with Crippen molar-refractivity contribution >= 4 is 21.6 Å². The van der Waals surface area contributed by atoms with Crippen LogP contribution in [0.3, 0.4) is 0 Å². The van der Waals surface area contributed by atoms with Crippen LogP contribution in [0.15, 0.2) is 47.5 Å². The van der Waals surface area contributed by atoms with E-state index in [0.29, 0.717) is 16.3 Å². The summed E-state index contributed by atoms with van der Waals surface area (Å²) in [4.78, 5) is 4.26. The average molecular weight is 326 g/mol. The van der Waals surface area contributed by atoms with Crippen LogP contribution in [0.2, 0.25) is 5.02 Å². The lowest BCUT2D eigenvalue weighted by Crippen LogP contribution is -2.27. The van der Waals surface area contributed by atoms with Crippen molar-refractivity contribution < 1.29 is 8.42 Å². The molecule has 7 heteroatoms. The highest BCUT2D eigenvalue weighted by Gasteiger charge is 2.22. The van der Waals surface area contributed by atoms with E-state index in [0.717, 1.165) is 0 Å². The summed E-state index contributed by atoms with van der Waals surface area (Å²) >= 11 is 6.03. The zero-order chi connectivity index (χ0) is 15.5.